The second-order valence-corrected chi connectivity index (χ2v) is 7.02. The molecule has 0 spiro atoms. The van der Waals surface area contributed by atoms with Crippen molar-refractivity contribution >= 4 is 23.4 Å². The Morgan fingerprint density at radius 1 is 1.35 bits per heavy atom. The van der Waals surface area contributed by atoms with Gasteiger partial charge in [-0.05, 0) is 43.7 Å². The van der Waals surface area contributed by atoms with Gasteiger partial charge in [-0.25, -0.2) is 4.52 Å². The van der Waals surface area contributed by atoms with Crippen LogP contribution in [-0.2, 0) is 0 Å². The first-order chi connectivity index (χ1) is 9.71. The van der Waals surface area contributed by atoms with Gasteiger partial charge in [0.15, 0.2) is 5.65 Å². The Kier molecular flexibility index (Phi) is 3.87. The van der Waals surface area contributed by atoms with Crippen molar-refractivity contribution in [1.29, 1.82) is 0 Å². The van der Waals surface area contributed by atoms with Crippen molar-refractivity contribution in [3.8, 4) is 0 Å². The van der Waals surface area contributed by atoms with Crippen LogP contribution in [0.5, 0.6) is 0 Å². The maximum absolute atomic E-state index is 4.55. The van der Waals surface area contributed by atoms with Gasteiger partial charge in [0.25, 0.3) is 0 Å². The molecule has 0 amide bonds. The number of pyridine rings is 1. The van der Waals surface area contributed by atoms with Crippen molar-refractivity contribution in [2.45, 2.75) is 43.8 Å². The van der Waals surface area contributed by atoms with E-state index in [1.54, 1.807) is 0 Å². The molecule has 4 nitrogen and oxygen atoms in total. The number of nitrogens with one attached hydrogen (secondary N) is 1. The van der Waals surface area contributed by atoms with Crippen molar-refractivity contribution in [3.63, 3.8) is 0 Å². The van der Waals surface area contributed by atoms with Crippen LogP contribution in [0.1, 0.15) is 37.7 Å². The van der Waals surface area contributed by atoms with Crippen LogP contribution in [0, 0.1) is 6.92 Å². The average molecular weight is 290 g/mol. The molecule has 108 valence electrons. The van der Waals surface area contributed by atoms with Crippen LogP contribution in [0.2, 0.25) is 0 Å². The maximum atomic E-state index is 4.55. The van der Waals surface area contributed by atoms with Crippen LogP contribution in [0.3, 0.4) is 0 Å². The van der Waals surface area contributed by atoms with Crippen LogP contribution >= 0.6 is 11.8 Å². The van der Waals surface area contributed by atoms with E-state index < -0.39 is 0 Å². The molecular formula is C15H22N4S. The first kappa shape index (κ1) is 13.7. The van der Waals surface area contributed by atoms with Crippen LogP contribution in [-0.4, -0.2) is 32.1 Å². The molecule has 0 aromatic carbocycles. The summed E-state index contributed by atoms with van der Waals surface area (Å²) in [6.45, 7) is 3.04. The van der Waals surface area contributed by atoms with Gasteiger partial charge in [-0.2, -0.15) is 16.7 Å². The summed E-state index contributed by atoms with van der Waals surface area (Å²) in [6, 6.07) is 4.11. The minimum absolute atomic E-state index is 0.367. The highest BCUT2D eigenvalue weighted by Gasteiger charge is 2.31. The first-order valence-corrected chi connectivity index (χ1v) is 8.55. The molecule has 0 radical (unpaired) electrons. The van der Waals surface area contributed by atoms with Gasteiger partial charge in [0.1, 0.15) is 0 Å². The van der Waals surface area contributed by atoms with E-state index in [0.29, 0.717) is 4.75 Å². The third kappa shape index (κ3) is 2.77. The van der Waals surface area contributed by atoms with Crippen LogP contribution in [0.15, 0.2) is 18.3 Å². The molecule has 1 saturated carbocycles. The standard InChI is InChI=1S/C15H22N4S/c1-12-6-9-19-13(10-12)17-14(18-19)16-11-15(20-2)7-4-3-5-8-15/h6,9-10H,3-5,7-8,11H2,1-2H3,(H,16,18). The Morgan fingerprint density at radius 3 is 2.90 bits per heavy atom. The van der Waals surface area contributed by atoms with Gasteiger partial charge < -0.3 is 5.32 Å². The SMILES string of the molecule is CSC1(CNc2nc3cc(C)ccn3n2)CCCCC1. The lowest BCUT2D eigenvalue weighted by Crippen LogP contribution is -2.35. The first-order valence-electron chi connectivity index (χ1n) is 7.33. The predicted molar refractivity (Wildman–Crippen MR) is 85.5 cm³/mol. The van der Waals surface area contributed by atoms with Gasteiger partial charge in [0.05, 0.1) is 0 Å². The van der Waals surface area contributed by atoms with E-state index in [1.165, 1.54) is 37.7 Å². The topological polar surface area (TPSA) is 42.2 Å². The van der Waals surface area contributed by atoms with E-state index in [1.807, 2.05) is 22.5 Å². The maximum Gasteiger partial charge on any atom is 0.243 e. The van der Waals surface area contributed by atoms with Gasteiger partial charge in [0, 0.05) is 17.5 Å². The Bertz CT molecular complexity index is 587. The average Bonchev–Trinajstić information content (AvgIpc) is 2.88. The largest absolute Gasteiger partial charge is 0.352 e. The molecule has 1 fully saturated rings. The zero-order valence-electron chi connectivity index (χ0n) is 12.2. The summed E-state index contributed by atoms with van der Waals surface area (Å²) < 4.78 is 2.20. The second kappa shape index (κ2) is 5.64. The number of fused-ring (bicyclic) bond motifs is 1. The van der Waals surface area contributed by atoms with Gasteiger partial charge in [-0.1, -0.05) is 19.3 Å². The third-order valence-electron chi connectivity index (χ3n) is 4.26. The summed E-state index contributed by atoms with van der Waals surface area (Å²) >= 11 is 2.00. The summed E-state index contributed by atoms with van der Waals surface area (Å²) in [6.07, 6.45) is 10.9. The Hall–Kier alpha value is -1.23. The third-order valence-corrected chi connectivity index (χ3v) is 5.68. The number of thioether (sulfide) groups is 1. The molecule has 0 bridgehead atoms. The summed E-state index contributed by atoms with van der Waals surface area (Å²) in [5, 5.41) is 7.94. The highest BCUT2D eigenvalue weighted by molar-refractivity contribution is 8.00. The minimum Gasteiger partial charge on any atom is -0.352 e. The van der Waals surface area contributed by atoms with Crippen molar-refractivity contribution in [1.82, 2.24) is 14.6 Å². The van der Waals surface area contributed by atoms with Crippen LogP contribution in [0.4, 0.5) is 5.95 Å². The minimum atomic E-state index is 0.367. The molecule has 1 aliphatic rings. The highest BCUT2D eigenvalue weighted by Crippen LogP contribution is 2.38. The fourth-order valence-corrected chi connectivity index (χ4v) is 3.86. The second-order valence-electron chi connectivity index (χ2n) is 5.74. The fourth-order valence-electron chi connectivity index (χ4n) is 2.95. The monoisotopic (exact) mass is 290 g/mol. The Morgan fingerprint density at radius 2 is 2.15 bits per heavy atom. The number of rotatable bonds is 4. The summed E-state index contributed by atoms with van der Waals surface area (Å²) in [5.74, 6) is 0.745. The number of aromatic nitrogens is 3. The van der Waals surface area contributed by atoms with E-state index in [9.17, 15) is 0 Å². The Balaban J connectivity index is 1.72. The van der Waals surface area contributed by atoms with E-state index in [0.717, 1.165) is 18.1 Å². The number of anilines is 1. The molecule has 3 rings (SSSR count). The van der Waals surface area contributed by atoms with Crippen molar-refractivity contribution < 1.29 is 0 Å². The van der Waals surface area contributed by atoms with Crippen LogP contribution < -0.4 is 5.32 Å². The van der Waals surface area contributed by atoms with Crippen molar-refractivity contribution in [2.24, 2.45) is 0 Å². The molecule has 2 heterocycles. The summed E-state index contributed by atoms with van der Waals surface area (Å²) in [5.41, 5.74) is 2.12. The molecule has 5 heteroatoms. The molecule has 0 aliphatic heterocycles. The molecular weight excluding hydrogens is 268 g/mol. The molecule has 20 heavy (non-hydrogen) atoms. The molecule has 1 aliphatic carbocycles. The zero-order chi connectivity index (χ0) is 14.0. The molecule has 0 saturated heterocycles. The van der Waals surface area contributed by atoms with Crippen molar-refractivity contribution in [3.05, 3.63) is 23.9 Å². The predicted octanol–water partition coefficient (Wildman–Crippen LogP) is 3.52. The quantitative estimate of drug-likeness (QED) is 0.935. The van der Waals surface area contributed by atoms with Crippen molar-refractivity contribution in [2.75, 3.05) is 18.1 Å². The number of nitrogens with zero attached hydrogens (tertiary/aromatic N) is 3. The smallest absolute Gasteiger partial charge is 0.243 e. The summed E-state index contributed by atoms with van der Waals surface area (Å²) in [7, 11) is 0. The Labute approximate surface area is 124 Å². The lowest BCUT2D eigenvalue weighted by molar-refractivity contribution is 0.411. The van der Waals surface area contributed by atoms with Gasteiger partial charge in [0.2, 0.25) is 5.95 Å². The zero-order valence-corrected chi connectivity index (χ0v) is 13.0. The number of hydrogen-bond donors (Lipinski definition) is 1. The lowest BCUT2D eigenvalue weighted by Gasteiger charge is -2.35. The normalized spacial score (nSPS) is 18.3. The fraction of sp³-hybridized carbons (Fsp3) is 0.600. The summed E-state index contributed by atoms with van der Waals surface area (Å²) in [4.78, 5) is 4.55. The van der Waals surface area contributed by atoms with Gasteiger partial charge >= 0.3 is 0 Å². The molecule has 2 aromatic heterocycles. The van der Waals surface area contributed by atoms with E-state index in [-0.39, 0.29) is 0 Å². The van der Waals surface area contributed by atoms with E-state index in [4.69, 9.17) is 0 Å². The molecule has 2 aromatic rings. The van der Waals surface area contributed by atoms with Gasteiger partial charge in [-0.15, -0.1) is 5.10 Å². The molecule has 0 unspecified atom stereocenters. The molecule has 1 N–H and O–H groups in total. The highest BCUT2D eigenvalue weighted by atomic mass is 32.2. The van der Waals surface area contributed by atoms with Crippen LogP contribution in [0.25, 0.3) is 5.65 Å². The number of aryl methyl sites for hydroxylation is 1. The lowest BCUT2D eigenvalue weighted by atomic mass is 9.88. The van der Waals surface area contributed by atoms with E-state index in [2.05, 4.69) is 40.7 Å². The molecule has 0 atom stereocenters. The van der Waals surface area contributed by atoms with Gasteiger partial charge in [-0.3, -0.25) is 0 Å². The van der Waals surface area contributed by atoms with E-state index >= 15 is 0 Å². The number of hydrogen-bond acceptors (Lipinski definition) is 4.